The van der Waals surface area contributed by atoms with Crippen LogP contribution in [-0.2, 0) is 11.2 Å². The van der Waals surface area contributed by atoms with Crippen LogP contribution in [0.5, 0.6) is 0 Å². The first kappa shape index (κ1) is 14.1. The van der Waals surface area contributed by atoms with E-state index in [1.54, 1.807) is 0 Å². The number of hydrogen-bond donors (Lipinski definition) is 1. The van der Waals surface area contributed by atoms with Gasteiger partial charge in [0.25, 0.3) is 0 Å². The fourth-order valence-corrected chi connectivity index (χ4v) is 3.31. The lowest BCUT2D eigenvalue weighted by Gasteiger charge is -2.15. The summed E-state index contributed by atoms with van der Waals surface area (Å²) in [5.41, 5.74) is 4.14. The molecule has 0 amide bonds. The van der Waals surface area contributed by atoms with E-state index in [1.165, 1.54) is 0 Å². The number of cyclic esters (lactones) is 1. The van der Waals surface area contributed by atoms with Crippen molar-refractivity contribution in [3.05, 3.63) is 57.3 Å². The number of aromatic nitrogens is 1. The lowest BCUT2D eigenvalue weighted by Crippen LogP contribution is -2.11. The first-order chi connectivity index (χ1) is 10.1. The van der Waals surface area contributed by atoms with Gasteiger partial charge in [-0.05, 0) is 47.0 Å². The number of nitrogens with one attached hydrogen (secondary N) is 1. The van der Waals surface area contributed by atoms with Crippen molar-refractivity contribution in [3.63, 3.8) is 0 Å². The molecular weight excluding hydrogens is 332 g/mol. The Hall–Kier alpha value is -1.88. The van der Waals surface area contributed by atoms with Crippen LogP contribution in [0, 0.1) is 6.92 Å². The van der Waals surface area contributed by atoms with Gasteiger partial charge in [0.05, 0.1) is 11.1 Å². The van der Waals surface area contributed by atoms with Crippen LogP contribution in [0.1, 0.15) is 40.3 Å². The van der Waals surface area contributed by atoms with E-state index in [0.29, 0.717) is 10.2 Å². The Kier molecular flexibility index (Phi) is 3.68. The Morgan fingerprint density at radius 3 is 2.71 bits per heavy atom. The van der Waals surface area contributed by atoms with E-state index in [2.05, 4.69) is 26.2 Å². The number of benzene rings is 1. The van der Waals surface area contributed by atoms with E-state index in [9.17, 15) is 4.79 Å². The molecule has 5 heteroatoms. The van der Waals surface area contributed by atoms with Gasteiger partial charge in [-0.15, -0.1) is 0 Å². The maximum Gasteiger partial charge on any atom is 0.341 e. The Balaban J connectivity index is 2.06. The minimum Gasteiger partial charge on any atom is -0.434 e. The highest BCUT2D eigenvalue weighted by Gasteiger charge is 2.36. The summed E-state index contributed by atoms with van der Waals surface area (Å²) in [6, 6.07) is 9.67. The molecule has 0 aliphatic carbocycles. The molecule has 1 aromatic heterocycles. The van der Waals surface area contributed by atoms with Gasteiger partial charge in [-0.1, -0.05) is 25.1 Å². The van der Waals surface area contributed by atoms with Crippen molar-refractivity contribution in [2.75, 3.05) is 5.32 Å². The lowest BCUT2D eigenvalue weighted by molar-refractivity contribution is 0.0436. The second-order valence-electron chi connectivity index (χ2n) is 4.90. The SMILES string of the molecule is CCc1c(C)nc(Br)c2c1C(=O)OC2Nc1ccccc1. The van der Waals surface area contributed by atoms with Gasteiger partial charge in [0.15, 0.2) is 0 Å². The number of carbonyl (C=O) groups is 1. The van der Waals surface area contributed by atoms with E-state index in [-0.39, 0.29) is 5.97 Å². The summed E-state index contributed by atoms with van der Waals surface area (Å²) in [7, 11) is 0. The van der Waals surface area contributed by atoms with Crippen LogP contribution in [0.2, 0.25) is 0 Å². The first-order valence-corrected chi connectivity index (χ1v) is 7.62. The summed E-state index contributed by atoms with van der Waals surface area (Å²) in [4.78, 5) is 16.7. The van der Waals surface area contributed by atoms with Gasteiger partial charge >= 0.3 is 5.97 Å². The molecule has 1 aliphatic heterocycles. The normalized spacial score (nSPS) is 16.5. The summed E-state index contributed by atoms with van der Waals surface area (Å²) in [6.45, 7) is 3.93. The van der Waals surface area contributed by atoms with Gasteiger partial charge in [0, 0.05) is 11.4 Å². The van der Waals surface area contributed by atoms with Crippen molar-refractivity contribution in [1.82, 2.24) is 4.98 Å². The zero-order valence-corrected chi connectivity index (χ0v) is 13.4. The standard InChI is InChI=1S/C16H15BrN2O2/c1-3-11-9(2)18-14(17)13-12(11)16(20)21-15(13)19-10-7-5-4-6-8-10/h4-8,15,19H,3H2,1-2H3. The number of rotatable bonds is 3. The van der Waals surface area contributed by atoms with Gasteiger partial charge in [0.2, 0.25) is 6.23 Å². The maximum absolute atomic E-state index is 12.2. The number of para-hydroxylation sites is 1. The number of halogens is 1. The minimum atomic E-state index is -0.511. The fraction of sp³-hybridized carbons (Fsp3) is 0.250. The molecule has 0 spiro atoms. The molecule has 1 aliphatic rings. The number of anilines is 1. The third-order valence-corrected chi connectivity index (χ3v) is 4.22. The molecule has 1 N–H and O–H groups in total. The van der Waals surface area contributed by atoms with Gasteiger partial charge in [-0.3, -0.25) is 0 Å². The monoisotopic (exact) mass is 346 g/mol. The highest BCUT2D eigenvalue weighted by Crippen LogP contribution is 2.38. The average Bonchev–Trinajstić information content (AvgIpc) is 2.78. The summed E-state index contributed by atoms with van der Waals surface area (Å²) < 4.78 is 6.15. The molecule has 2 heterocycles. The quantitative estimate of drug-likeness (QED) is 0.674. The van der Waals surface area contributed by atoms with Crippen LogP contribution in [-0.4, -0.2) is 11.0 Å². The molecule has 1 aromatic carbocycles. The van der Waals surface area contributed by atoms with Crippen molar-refractivity contribution in [3.8, 4) is 0 Å². The first-order valence-electron chi connectivity index (χ1n) is 6.83. The fourth-order valence-electron chi connectivity index (χ4n) is 2.64. The number of esters is 1. The predicted octanol–water partition coefficient (Wildman–Crippen LogP) is 4.00. The summed E-state index contributed by atoms with van der Waals surface area (Å²) >= 11 is 3.46. The third kappa shape index (κ3) is 2.42. The number of fused-ring (bicyclic) bond motifs is 1. The van der Waals surface area contributed by atoms with E-state index in [1.807, 2.05) is 44.2 Å². The molecular formula is C16H15BrN2O2. The maximum atomic E-state index is 12.2. The van der Waals surface area contributed by atoms with Gasteiger partial charge in [0.1, 0.15) is 4.60 Å². The highest BCUT2D eigenvalue weighted by atomic mass is 79.9. The lowest BCUT2D eigenvalue weighted by atomic mass is 10.0. The summed E-state index contributed by atoms with van der Waals surface area (Å²) in [5.74, 6) is -0.290. The Labute approximate surface area is 131 Å². The van der Waals surface area contributed by atoms with E-state index >= 15 is 0 Å². The molecule has 108 valence electrons. The largest absolute Gasteiger partial charge is 0.434 e. The number of aryl methyl sites for hydroxylation is 1. The zero-order valence-electron chi connectivity index (χ0n) is 11.8. The number of ether oxygens (including phenoxy) is 1. The van der Waals surface area contributed by atoms with E-state index in [0.717, 1.165) is 28.9 Å². The van der Waals surface area contributed by atoms with Crippen molar-refractivity contribution in [1.29, 1.82) is 0 Å². The molecule has 0 bridgehead atoms. The molecule has 2 aromatic rings. The Morgan fingerprint density at radius 2 is 2.05 bits per heavy atom. The third-order valence-electron chi connectivity index (χ3n) is 3.61. The van der Waals surface area contributed by atoms with Gasteiger partial charge in [-0.25, -0.2) is 9.78 Å². The van der Waals surface area contributed by atoms with Crippen LogP contribution < -0.4 is 5.32 Å². The van der Waals surface area contributed by atoms with E-state index < -0.39 is 6.23 Å². The molecule has 0 saturated heterocycles. The second kappa shape index (κ2) is 5.48. The molecule has 4 nitrogen and oxygen atoms in total. The van der Waals surface area contributed by atoms with Crippen molar-refractivity contribution in [2.45, 2.75) is 26.5 Å². The van der Waals surface area contributed by atoms with Gasteiger partial charge in [-0.2, -0.15) is 0 Å². The molecule has 0 radical (unpaired) electrons. The summed E-state index contributed by atoms with van der Waals surface area (Å²) in [6.07, 6.45) is 0.240. The number of nitrogens with zero attached hydrogens (tertiary/aromatic N) is 1. The van der Waals surface area contributed by atoms with Crippen molar-refractivity contribution in [2.24, 2.45) is 0 Å². The van der Waals surface area contributed by atoms with Crippen LogP contribution in [0.25, 0.3) is 0 Å². The molecule has 3 rings (SSSR count). The van der Waals surface area contributed by atoms with Crippen LogP contribution in [0.3, 0.4) is 0 Å². The Morgan fingerprint density at radius 1 is 1.33 bits per heavy atom. The number of carbonyl (C=O) groups excluding carboxylic acids is 1. The smallest absolute Gasteiger partial charge is 0.341 e. The predicted molar refractivity (Wildman–Crippen MR) is 84.3 cm³/mol. The zero-order chi connectivity index (χ0) is 15.0. The van der Waals surface area contributed by atoms with Crippen LogP contribution in [0.15, 0.2) is 34.9 Å². The van der Waals surface area contributed by atoms with Crippen molar-refractivity contribution < 1.29 is 9.53 Å². The van der Waals surface area contributed by atoms with Crippen LogP contribution in [0.4, 0.5) is 5.69 Å². The molecule has 21 heavy (non-hydrogen) atoms. The molecule has 0 saturated carbocycles. The number of hydrogen-bond acceptors (Lipinski definition) is 4. The molecule has 1 unspecified atom stereocenters. The minimum absolute atomic E-state index is 0.290. The number of pyridine rings is 1. The second-order valence-corrected chi connectivity index (χ2v) is 5.66. The molecule has 1 atom stereocenters. The molecule has 0 fully saturated rings. The van der Waals surface area contributed by atoms with Gasteiger partial charge < -0.3 is 10.1 Å². The van der Waals surface area contributed by atoms with Crippen LogP contribution >= 0.6 is 15.9 Å². The Bertz CT molecular complexity index is 701. The average molecular weight is 347 g/mol. The highest BCUT2D eigenvalue weighted by molar-refractivity contribution is 9.10. The topological polar surface area (TPSA) is 51.2 Å². The van der Waals surface area contributed by atoms with Crippen molar-refractivity contribution >= 4 is 27.6 Å². The van der Waals surface area contributed by atoms with E-state index in [4.69, 9.17) is 4.74 Å². The summed E-state index contributed by atoms with van der Waals surface area (Å²) in [5, 5.41) is 3.23.